The predicted octanol–water partition coefficient (Wildman–Crippen LogP) is 4.44. The smallest absolute Gasteiger partial charge is 0.222 e. The third-order valence-electron chi connectivity index (χ3n) is 5.11. The number of thiophene rings is 1. The van der Waals surface area contributed by atoms with E-state index >= 15 is 0 Å². The summed E-state index contributed by atoms with van der Waals surface area (Å²) in [5.41, 5.74) is 1.93. The lowest BCUT2D eigenvalue weighted by atomic mass is 9.76. The molecule has 0 bridgehead atoms. The number of hydrogen-bond donors (Lipinski definition) is 2. The standard InChI is InChI=1S/C24H26N2O2S/c1-18(27)26-21(22-14-9-15-29-22)16-23(28)25-17-24(2,19-10-5-3-6-11-19)20-12-7-4-8-13-20/h3-15,21H,16-17H2,1-2H3,(H,25,28)(H,26,27)/t21-/m0/s1. The highest BCUT2D eigenvalue weighted by atomic mass is 32.1. The molecule has 1 aromatic heterocycles. The first kappa shape index (κ1) is 20.8. The zero-order valence-corrected chi connectivity index (χ0v) is 17.5. The molecular formula is C24H26N2O2S. The van der Waals surface area contributed by atoms with E-state index in [9.17, 15) is 9.59 Å². The SMILES string of the molecule is CC(=O)N[C@@H](CC(=O)NCC(C)(c1ccccc1)c1ccccc1)c1cccs1. The monoisotopic (exact) mass is 406 g/mol. The van der Waals surface area contributed by atoms with Crippen molar-refractivity contribution in [3.8, 4) is 0 Å². The van der Waals surface area contributed by atoms with Gasteiger partial charge < -0.3 is 10.6 Å². The second-order valence-electron chi connectivity index (χ2n) is 7.31. The van der Waals surface area contributed by atoms with Crippen molar-refractivity contribution in [2.24, 2.45) is 0 Å². The van der Waals surface area contributed by atoms with Gasteiger partial charge in [0.2, 0.25) is 11.8 Å². The summed E-state index contributed by atoms with van der Waals surface area (Å²) in [7, 11) is 0. The lowest BCUT2D eigenvalue weighted by Crippen LogP contribution is -2.41. The Bertz CT molecular complexity index is 885. The van der Waals surface area contributed by atoms with Crippen LogP contribution in [0.1, 0.15) is 42.3 Å². The van der Waals surface area contributed by atoms with Crippen molar-refractivity contribution in [3.63, 3.8) is 0 Å². The Hall–Kier alpha value is -2.92. The average Bonchev–Trinajstić information content (AvgIpc) is 3.27. The average molecular weight is 407 g/mol. The van der Waals surface area contributed by atoms with Gasteiger partial charge in [-0.15, -0.1) is 11.3 Å². The second kappa shape index (κ2) is 9.52. The van der Waals surface area contributed by atoms with E-state index in [-0.39, 0.29) is 29.7 Å². The summed E-state index contributed by atoms with van der Waals surface area (Å²) in [5.74, 6) is -0.232. The topological polar surface area (TPSA) is 58.2 Å². The van der Waals surface area contributed by atoms with E-state index in [1.54, 1.807) is 0 Å². The predicted molar refractivity (Wildman–Crippen MR) is 118 cm³/mol. The van der Waals surface area contributed by atoms with E-state index in [0.29, 0.717) is 6.54 Å². The fourth-order valence-electron chi connectivity index (χ4n) is 3.47. The normalized spacial score (nSPS) is 12.2. The minimum Gasteiger partial charge on any atom is -0.355 e. The summed E-state index contributed by atoms with van der Waals surface area (Å²) < 4.78 is 0. The van der Waals surface area contributed by atoms with Crippen LogP contribution in [0.15, 0.2) is 78.2 Å². The molecule has 0 fully saturated rings. The quantitative estimate of drug-likeness (QED) is 0.581. The second-order valence-corrected chi connectivity index (χ2v) is 8.29. The minimum absolute atomic E-state index is 0.0877. The van der Waals surface area contributed by atoms with Crippen LogP contribution in [0.4, 0.5) is 0 Å². The van der Waals surface area contributed by atoms with E-state index in [0.717, 1.165) is 16.0 Å². The zero-order chi connectivity index (χ0) is 20.7. The Balaban J connectivity index is 1.75. The molecule has 4 nitrogen and oxygen atoms in total. The largest absolute Gasteiger partial charge is 0.355 e. The van der Waals surface area contributed by atoms with Crippen LogP contribution in [0.25, 0.3) is 0 Å². The third kappa shape index (κ3) is 5.33. The molecule has 5 heteroatoms. The summed E-state index contributed by atoms with van der Waals surface area (Å²) in [6.45, 7) is 4.08. The molecule has 0 saturated carbocycles. The van der Waals surface area contributed by atoms with Crippen LogP contribution in [0.5, 0.6) is 0 Å². The Kier molecular flexibility index (Phi) is 6.83. The van der Waals surface area contributed by atoms with E-state index in [1.165, 1.54) is 18.3 Å². The molecule has 150 valence electrons. The van der Waals surface area contributed by atoms with Crippen LogP contribution in [0.3, 0.4) is 0 Å². The summed E-state index contributed by atoms with van der Waals surface area (Å²) in [6, 6.07) is 24.0. The number of amides is 2. The van der Waals surface area contributed by atoms with Crippen LogP contribution >= 0.6 is 11.3 Å². The lowest BCUT2D eigenvalue weighted by molar-refractivity contribution is -0.122. The molecule has 0 spiro atoms. The van der Waals surface area contributed by atoms with Crippen molar-refractivity contribution in [2.45, 2.75) is 31.7 Å². The molecule has 0 aliphatic heterocycles. The van der Waals surface area contributed by atoms with Gasteiger partial charge in [0.1, 0.15) is 0 Å². The van der Waals surface area contributed by atoms with Gasteiger partial charge in [0.05, 0.1) is 12.5 Å². The fraction of sp³-hybridized carbons (Fsp3) is 0.250. The molecule has 3 aromatic rings. The van der Waals surface area contributed by atoms with E-state index in [1.807, 2.05) is 53.9 Å². The Labute approximate surface area is 176 Å². The molecule has 0 unspecified atom stereocenters. The first-order valence-corrected chi connectivity index (χ1v) is 10.6. The number of carbonyl (C=O) groups excluding carboxylic acids is 2. The van der Waals surface area contributed by atoms with Gasteiger partial charge in [-0.05, 0) is 29.5 Å². The van der Waals surface area contributed by atoms with Gasteiger partial charge in [0.15, 0.2) is 0 Å². The molecule has 2 N–H and O–H groups in total. The van der Waals surface area contributed by atoms with Crippen molar-refractivity contribution in [1.82, 2.24) is 10.6 Å². The van der Waals surface area contributed by atoms with Crippen LogP contribution in [0.2, 0.25) is 0 Å². The van der Waals surface area contributed by atoms with Crippen molar-refractivity contribution in [2.75, 3.05) is 6.54 Å². The number of hydrogen-bond acceptors (Lipinski definition) is 3. The van der Waals surface area contributed by atoms with Gasteiger partial charge >= 0.3 is 0 Å². The Morgan fingerprint density at radius 1 is 0.931 bits per heavy atom. The van der Waals surface area contributed by atoms with E-state index < -0.39 is 0 Å². The van der Waals surface area contributed by atoms with Crippen molar-refractivity contribution < 1.29 is 9.59 Å². The maximum atomic E-state index is 12.8. The van der Waals surface area contributed by atoms with Gasteiger partial charge in [-0.25, -0.2) is 0 Å². The summed E-state index contributed by atoms with van der Waals surface area (Å²) in [6.07, 6.45) is 0.208. The van der Waals surface area contributed by atoms with E-state index in [2.05, 4.69) is 41.8 Å². The van der Waals surface area contributed by atoms with Crippen molar-refractivity contribution in [3.05, 3.63) is 94.2 Å². The molecular weight excluding hydrogens is 380 g/mol. The first-order chi connectivity index (χ1) is 14.0. The van der Waals surface area contributed by atoms with Gasteiger partial charge in [0.25, 0.3) is 0 Å². The fourth-order valence-corrected chi connectivity index (χ4v) is 4.25. The lowest BCUT2D eigenvalue weighted by Gasteiger charge is -2.31. The molecule has 0 aliphatic carbocycles. The number of rotatable bonds is 8. The zero-order valence-electron chi connectivity index (χ0n) is 16.7. The highest BCUT2D eigenvalue weighted by Gasteiger charge is 2.29. The number of carbonyl (C=O) groups is 2. The number of nitrogens with one attached hydrogen (secondary N) is 2. The molecule has 0 saturated heterocycles. The van der Waals surface area contributed by atoms with Gasteiger partial charge in [-0.3, -0.25) is 9.59 Å². The molecule has 2 aromatic carbocycles. The molecule has 0 aliphatic rings. The highest BCUT2D eigenvalue weighted by Crippen LogP contribution is 2.31. The first-order valence-electron chi connectivity index (χ1n) is 9.67. The molecule has 1 atom stereocenters. The van der Waals surface area contributed by atoms with Crippen molar-refractivity contribution >= 4 is 23.2 Å². The van der Waals surface area contributed by atoms with E-state index in [4.69, 9.17) is 0 Å². The highest BCUT2D eigenvalue weighted by molar-refractivity contribution is 7.10. The minimum atomic E-state index is -0.357. The Morgan fingerprint density at radius 3 is 2.00 bits per heavy atom. The van der Waals surface area contributed by atoms with Gasteiger partial charge in [-0.1, -0.05) is 66.7 Å². The maximum Gasteiger partial charge on any atom is 0.222 e. The maximum absolute atomic E-state index is 12.8. The third-order valence-corrected chi connectivity index (χ3v) is 6.10. The summed E-state index contributed by atoms with van der Waals surface area (Å²) >= 11 is 1.54. The van der Waals surface area contributed by atoms with Crippen molar-refractivity contribution in [1.29, 1.82) is 0 Å². The van der Waals surface area contributed by atoms with Crippen LogP contribution in [-0.2, 0) is 15.0 Å². The molecule has 0 radical (unpaired) electrons. The van der Waals surface area contributed by atoms with Crippen LogP contribution < -0.4 is 10.6 Å². The summed E-state index contributed by atoms with van der Waals surface area (Å²) in [4.78, 5) is 25.3. The van der Waals surface area contributed by atoms with Gasteiger partial charge in [-0.2, -0.15) is 0 Å². The molecule has 3 rings (SSSR count). The molecule has 1 heterocycles. The van der Waals surface area contributed by atoms with Crippen LogP contribution in [-0.4, -0.2) is 18.4 Å². The molecule has 29 heavy (non-hydrogen) atoms. The Morgan fingerprint density at radius 2 is 1.52 bits per heavy atom. The number of benzene rings is 2. The van der Waals surface area contributed by atoms with Gasteiger partial charge in [0, 0.05) is 23.8 Å². The summed E-state index contributed by atoms with van der Waals surface area (Å²) in [5, 5.41) is 7.93. The van der Waals surface area contributed by atoms with Crippen LogP contribution in [0, 0.1) is 0 Å². The molecule has 2 amide bonds.